The van der Waals surface area contributed by atoms with Crippen LogP contribution in [0, 0.1) is 5.92 Å². The van der Waals surface area contributed by atoms with Gasteiger partial charge in [-0.3, -0.25) is 14.3 Å². The topological polar surface area (TPSA) is 93.7 Å². The summed E-state index contributed by atoms with van der Waals surface area (Å²) in [5, 5.41) is 3.09. The quantitative estimate of drug-likeness (QED) is 0.406. The summed E-state index contributed by atoms with van der Waals surface area (Å²) in [5.74, 6) is -1.55. The highest BCUT2D eigenvalue weighted by Gasteiger charge is 2.29. The van der Waals surface area contributed by atoms with Gasteiger partial charge in [-0.25, -0.2) is 4.79 Å². The molecule has 0 saturated heterocycles. The Labute approximate surface area is 196 Å². The fourth-order valence-electron chi connectivity index (χ4n) is 3.68. The van der Waals surface area contributed by atoms with Gasteiger partial charge in [-0.05, 0) is 44.1 Å². The summed E-state index contributed by atoms with van der Waals surface area (Å²) >= 11 is 2.83. The molecule has 3 rings (SSSR count). The molecule has 2 aromatic rings. The number of anilines is 1. The molecular formula is C23H28N2O5S2. The molecule has 1 saturated carbocycles. The molecule has 1 amide bonds. The minimum Gasteiger partial charge on any atom is -0.462 e. The number of rotatable bonds is 9. The maximum Gasteiger partial charge on any atom is 0.341 e. The molecule has 0 aliphatic heterocycles. The van der Waals surface area contributed by atoms with Crippen LogP contribution >= 0.6 is 23.3 Å². The number of hydrogen-bond acceptors (Lipinski definition) is 8. The van der Waals surface area contributed by atoms with E-state index >= 15 is 0 Å². The molecule has 32 heavy (non-hydrogen) atoms. The van der Waals surface area contributed by atoms with Gasteiger partial charge in [0.1, 0.15) is 5.00 Å². The molecule has 1 aromatic carbocycles. The third-order valence-electron chi connectivity index (χ3n) is 5.18. The highest BCUT2D eigenvalue weighted by molar-refractivity contribution is 7.96. The van der Waals surface area contributed by atoms with Crippen molar-refractivity contribution in [2.24, 2.45) is 5.92 Å². The van der Waals surface area contributed by atoms with E-state index in [-0.39, 0.29) is 30.1 Å². The van der Waals surface area contributed by atoms with E-state index < -0.39 is 18.5 Å². The zero-order valence-corrected chi connectivity index (χ0v) is 19.9. The van der Waals surface area contributed by atoms with E-state index in [4.69, 9.17) is 9.47 Å². The number of hydrogen-bond donors (Lipinski definition) is 2. The first-order valence-electron chi connectivity index (χ1n) is 10.6. The number of nitrogens with one attached hydrogen (secondary N) is 2. The van der Waals surface area contributed by atoms with Crippen LogP contribution in [0.3, 0.4) is 0 Å². The summed E-state index contributed by atoms with van der Waals surface area (Å²) in [6.07, 6.45) is 5.42. The van der Waals surface area contributed by atoms with Crippen LogP contribution < -0.4 is 10.0 Å². The van der Waals surface area contributed by atoms with Crippen molar-refractivity contribution in [2.45, 2.75) is 38.6 Å². The highest BCUT2D eigenvalue weighted by Crippen LogP contribution is 2.36. The minimum absolute atomic E-state index is 0.206. The van der Waals surface area contributed by atoms with Gasteiger partial charge < -0.3 is 14.8 Å². The molecule has 2 atom stereocenters. The predicted molar refractivity (Wildman–Crippen MR) is 128 cm³/mol. The average molecular weight is 477 g/mol. The Hall–Kier alpha value is -2.36. The van der Waals surface area contributed by atoms with Crippen molar-refractivity contribution in [1.29, 1.82) is 0 Å². The molecular weight excluding hydrogens is 448 g/mol. The smallest absolute Gasteiger partial charge is 0.341 e. The van der Waals surface area contributed by atoms with Crippen LogP contribution in [-0.4, -0.2) is 43.4 Å². The first-order chi connectivity index (χ1) is 15.5. The van der Waals surface area contributed by atoms with Gasteiger partial charge >= 0.3 is 11.9 Å². The SMILES string of the molecule is CCOC(=O)c1cc(-c2ccccc2)sc1NC(=O)COC(=O)C1CCCC(NSC)C1. The lowest BCUT2D eigenvalue weighted by Gasteiger charge is -2.27. The van der Waals surface area contributed by atoms with Gasteiger partial charge in [0, 0.05) is 10.9 Å². The molecule has 0 radical (unpaired) electrons. The molecule has 1 heterocycles. The Morgan fingerprint density at radius 2 is 1.94 bits per heavy atom. The molecule has 1 fully saturated rings. The van der Waals surface area contributed by atoms with Crippen LogP contribution in [0.2, 0.25) is 0 Å². The summed E-state index contributed by atoms with van der Waals surface area (Å²) in [5.41, 5.74) is 1.22. The maximum absolute atomic E-state index is 12.5. The van der Waals surface area contributed by atoms with Gasteiger partial charge in [-0.1, -0.05) is 48.7 Å². The zero-order valence-electron chi connectivity index (χ0n) is 18.2. The highest BCUT2D eigenvalue weighted by atomic mass is 32.2. The Kier molecular flexibility index (Phi) is 9.13. The molecule has 172 valence electrons. The van der Waals surface area contributed by atoms with Crippen LogP contribution in [0.15, 0.2) is 36.4 Å². The number of thiophene rings is 1. The molecule has 9 heteroatoms. The fourth-order valence-corrected chi connectivity index (χ4v) is 5.30. The average Bonchev–Trinajstić information content (AvgIpc) is 3.22. The number of ether oxygens (including phenoxy) is 2. The zero-order chi connectivity index (χ0) is 22.9. The summed E-state index contributed by atoms with van der Waals surface area (Å²) in [6.45, 7) is 1.57. The van der Waals surface area contributed by atoms with Gasteiger partial charge in [0.2, 0.25) is 0 Å². The minimum atomic E-state index is -0.507. The van der Waals surface area contributed by atoms with E-state index in [9.17, 15) is 14.4 Å². The van der Waals surface area contributed by atoms with Crippen molar-refractivity contribution in [3.63, 3.8) is 0 Å². The standard InChI is InChI=1S/C23H28N2O5S2/c1-3-29-23(28)18-13-19(15-8-5-4-6-9-15)32-21(18)24-20(26)14-30-22(27)16-10-7-11-17(12-16)25-31-2/h4-6,8-9,13,16-17,25H,3,7,10-12,14H2,1-2H3,(H,24,26). The number of benzene rings is 1. The third kappa shape index (κ3) is 6.57. The molecule has 2 unspecified atom stereocenters. The van der Waals surface area contributed by atoms with Crippen molar-refractivity contribution >= 4 is 46.1 Å². The van der Waals surface area contributed by atoms with Crippen LogP contribution in [0.25, 0.3) is 10.4 Å². The van der Waals surface area contributed by atoms with Crippen LogP contribution in [0.1, 0.15) is 43.0 Å². The van der Waals surface area contributed by atoms with Gasteiger partial charge in [0.25, 0.3) is 5.91 Å². The number of carbonyl (C=O) groups is 3. The Balaban J connectivity index is 1.63. The third-order valence-corrected chi connectivity index (χ3v) is 6.84. The molecule has 0 spiro atoms. The van der Waals surface area contributed by atoms with E-state index in [0.29, 0.717) is 11.4 Å². The van der Waals surface area contributed by atoms with Crippen LogP contribution in [0.4, 0.5) is 5.00 Å². The predicted octanol–water partition coefficient (Wildman–Crippen LogP) is 4.50. The van der Waals surface area contributed by atoms with Crippen LogP contribution in [-0.2, 0) is 19.1 Å². The van der Waals surface area contributed by atoms with E-state index in [1.165, 1.54) is 11.3 Å². The Bertz CT molecular complexity index is 930. The second kappa shape index (κ2) is 12.0. The second-order valence-corrected chi connectivity index (χ2v) is 9.17. The van der Waals surface area contributed by atoms with Gasteiger partial charge in [-0.15, -0.1) is 11.3 Å². The van der Waals surface area contributed by atoms with Crippen molar-refractivity contribution in [2.75, 3.05) is 24.8 Å². The van der Waals surface area contributed by atoms with E-state index in [0.717, 1.165) is 29.7 Å². The molecule has 1 aliphatic rings. The van der Waals surface area contributed by atoms with Crippen molar-refractivity contribution < 1.29 is 23.9 Å². The van der Waals surface area contributed by atoms with E-state index in [1.807, 2.05) is 36.6 Å². The maximum atomic E-state index is 12.5. The fraction of sp³-hybridized carbons (Fsp3) is 0.435. The first-order valence-corrected chi connectivity index (χ1v) is 12.7. The van der Waals surface area contributed by atoms with Gasteiger partial charge in [0.15, 0.2) is 6.61 Å². The van der Waals surface area contributed by atoms with Crippen molar-refractivity contribution in [1.82, 2.24) is 4.72 Å². The van der Waals surface area contributed by atoms with E-state index in [1.54, 1.807) is 24.9 Å². The Morgan fingerprint density at radius 3 is 2.66 bits per heavy atom. The van der Waals surface area contributed by atoms with Crippen molar-refractivity contribution in [3.8, 4) is 10.4 Å². The first kappa shape index (κ1) is 24.3. The van der Waals surface area contributed by atoms with Crippen LogP contribution in [0.5, 0.6) is 0 Å². The summed E-state index contributed by atoms with van der Waals surface area (Å²) in [4.78, 5) is 38.2. The van der Waals surface area contributed by atoms with E-state index in [2.05, 4.69) is 10.0 Å². The lowest BCUT2D eigenvalue weighted by molar-refractivity contribution is -0.152. The number of amides is 1. The van der Waals surface area contributed by atoms with Crippen molar-refractivity contribution in [3.05, 3.63) is 42.0 Å². The number of esters is 2. The largest absolute Gasteiger partial charge is 0.462 e. The second-order valence-electron chi connectivity index (χ2n) is 7.48. The molecule has 0 bridgehead atoms. The molecule has 7 nitrogen and oxygen atoms in total. The molecule has 2 N–H and O–H groups in total. The molecule has 1 aliphatic carbocycles. The Morgan fingerprint density at radius 1 is 1.16 bits per heavy atom. The summed E-state index contributed by atoms with van der Waals surface area (Å²) in [7, 11) is 0. The normalized spacial score (nSPS) is 18.1. The molecule has 1 aromatic heterocycles. The lowest BCUT2D eigenvalue weighted by atomic mass is 9.86. The van der Waals surface area contributed by atoms with Gasteiger partial charge in [-0.2, -0.15) is 0 Å². The monoisotopic (exact) mass is 476 g/mol. The lowest BCUT2D eigenvalue weighted by Crippen LogP contribution is -2.34. The number of carbonyl (C=O) groups excluding carboxylic acids is 3. The van der Waals surface area contributed by atoms with Gasteiger partial charge in [0.05, 0.1) is 18.1 Å². The summed E-state index contributed by atoms with van der Waals surface area (Å²) < 4.78 is 13.7. The summed E-state index contributed by atoms with van der Waals surface area (Å²) in [6, 6.07) is 11.6.